The quantitative estimate of drug-likeness (QED) is 0.414. The molecule has 1 aliphatic heterocycles. The summed E-state index contributed by atoms with van der Waals surface area (Å²) in [7, 11) is 0. The largest absolute Gasteiger partial charge is 0.364 e. The summed E-state index contributed by atoms with van der Waals surface area (Å²) in [5.41, 5.74) is 2.84. The monoisotopic (exact) mass is 295 g/mol. The average molecular weight is 295 g/mol. The maximum Gasteiger partial charge on any atom is 0.0457 e. The molecule has 4 aromatic carbocycles. The van der Waals surface area contributed by atoms with Gasteiger partial charge in [0.15, 0.2) is 0 Å². The fourth-order valence-corrected chi connectivity index (χ4v) is 4.34. The van der Waals surface area contributed by atoms with Crippen LogP contribution in [0.3, 0.4) is 0 Å². The Labute approximate surface area is 135 Å². The van der Waals surface area contributed by atoms with E-state index in [1.54, 1.807) is 0 Å². The minimum absolute atomic E-state index is 0.756. The number of anilines is 1. The topological polar surface area (TPSA) is 3.24 Å². The van der Waals surface area contributed by atoms with Gasteiger partial charge < -0.3 is 4.90 Å². The van der Waals surface area contributed by atoms with Crippen LogP contribution in [-0.4, -0.2) is 12.6 Å². The average Bonchev–Trinajstić information content (AvgIpc) is 3.43. The molecule has 0 atom stereocenters. The molecule has 2 aliphatic rings. The molecule has 1 aliphatic carbocycles. The second-order valence-electron chi connectivity index (χ2n) is 6.95. The van der Waals surface area contributed by atoms with Gasteiger partial charge in [0.05, 0.1) is 0 Å². The van der Waals surface area contributed by atoms with E-state index in [4.69, 9.17) is 0 Å². The Balaban J connectivity index is 1.82. The highest BCUT2D eigenvalue weighted by molar-refractivity contribution is 6.25. The Morgan fingerprint density at radius 1 is 0.826 bits per heavy atom. The summed E-state index contributed by atoms with van der Waals surface area (Å²) < 4.78 is 0. The van der Waals surface area contributed by atoms with Crippen molar-refractivity contribution in [2.24, 2.45) is 0 Å². The van der Waals surface area contributed by atoms with E-state index in [1.165, 1.54) is 56.4 Å². The van der Waals surface area contributed by atoms with Gasteiger partial charge >= 0.3 is 0 Å². The van der Waals surface area contributed by atoms with E-state index >= 15 is 0 Å². The molecule has 4 aromatic rings. The molecule has 0 saturated heterocycles. The lowest BCUT2D eigenvalue weighted by Gasteiger charge is -2.30. The number of hydrogen-bond acceptors (Lipinski definition) is 1. The first kappa shape index (κ1) is 12.0. The minimum Gasteiger partial charge on any atom is -0.364 e. The molecule has 23 heavy (non-hydrogen) atoms. The van der Waals surface area contributed by atoms with Crippen LogP contribution in [0.1, 0.15) is 18.4 Å². The summed E-state index contributed by atoms with van der Waals surface area (Å²) in [5.74, 6) is 0. The zero-order valence-electron chi connectivity index (χ0n) is 12.9. The molecule has 110 valence electrons. The Morgan fingerprint density at radius 3 is 2.43 bits per heavy atom. The second-order valence-corrected chi connectivity index (χ2v) is 6.95. The van der Waals surface area contributed by atoms with E-state index in [0.29, 0.717) is 0 Å². The van der Waals surface area contributed by atoms with Gasteiger partial charge in [-0.1, -0.05) is 54.6 Å². The van der Waals surface area contributed by atoms with Crippen LogP contribution >= 0.6 is 0 Å². The van der Waals surface area contributed by atoms with Crippen LogP contribution in [0.25, 0.3) is 38.4 Å². The normalized spacial score (nSPS) is 17.5. The number of benzene rings is 4. The SMILES string of the molecule is C1=Cc2c(cc3ccc4cccc5ccc2c3c45)N(C2CC2)C1. The van der Waals surface area contributed by atoms with Crippen molar-refractivity contribution in [1.82, 2.24) is 0 Å². The van der Waals surface area contributed by atoms with Gasteiger partial charge in [-0.2, -0.15) is 0 Å². The van der Waals surface area contributed by atoms with Gasteiger partial charge in [0.25, 0.3) is 0 Å². The molecular formula is C22H17N. The lowest BCUT2D eigenvalue weighted by atomic mass is 9.90. The summed E-state index contributed by atoms with van der Waals surface area (Å²) in [6.07, 6.45) is 7.36. The third-order valence-electron chi connectivity index (χ3n) is 5.55. The van der Waals surface area contributed by atoms with Crippen LogP contribution < -0.4 is 4.90 Å². The number of fused-ring (bicyclic) bond motifs is 2. The predicted octanol–water partition coefficient (Wildman–Crippen LogP) is 5.58. The van der Waals surface area contributed by atoms with Crippen molar-refractivity contribution >= 4 is 44.1 Å². The molecular weight excluding hydrogens is 278 g/mol. The van der Waals surface area contributed by atoms with Gasteiger partial charge in [0, 0.05) is 23.8 Å². The van der Waals surface area contributed by atoms with Gasteiger partial charge in [0.2, 0.25) is 0 Å². The molecule has 1 saturated carbocycles. The second kappa shape index (κ2) is 4.05. The third-order valence-corrected chi connectivity index (χ3v) is 5.55. The van der Waals surface area contributed by atoms with Gasteiger partial charge in [0.1, 0.15) is 0 Å². The van der Waals surface area contributed by atoms with Crippen molar-refractivity contribution in [3.63, 3.8) is 0 Å². The molecule has 6 rings (SSSR count). The summed E-state index contributed by atoms with van der Waals surface area (Å²) in [6.45, 7) is 1.06. The molecule has 0 unspecified atom stereocenters. The van der Waals surface area contributed by atoms with Crippen molar-refractivity contribution in [3.05, 3.63) is 60.2 Å². The smallest absolute Gasteiger partial charge is 0.0457 e. The minimum atomic E-state index is 0.756. The van der Waals surface area contributed by atoms with Crippen LogP contribution in [-0.2, 0) is 0 Å². The fraction of sp³-hybridized carbons (Fsp3) is 0.182. The van der Waals surface area contributed by atoms with Crippen LogP contribution in [0.5, 0.6) is 0 Å². The molecule has 1 nitrogen and oxygen atoms in total. The van der Waals surface area contributed by atoms with Crippen molar-refractivity contribution in [2.75, 3.05) is 11.4 Å². The van der Waals surface area contributed by atoms with E-state index in [1.807, 2.05) is 0 Å². The fourth-order valence-electron chi connectivity index (χ4n) is 4.34. The Bertz CT molecular complexity index is 1090. The van der Waals surface area contributed by atoms with E-state index in [9.17, 15) is 0 Å². The van der Waals surface area contributed by atoms with E-state index < -0.39 is 0 Å². The first-order chi connectivity index (χ1) is 11.4. The summed E-state index contributed by atoms with van der Waals surface area (Å²) in [4.78, 5) is 2.60. The van der Waals surface area contributed by atoms with Crippen molar-refractivity contribution in [2.45, 2.75) is 18.9 Å². The van der Waals surface area contributed by atoms with E-state index in [2.05, 4.69) is 65.6 Å². The molecule has 0 bridgehead atoms. The van der Waals surface area contributed by atoms with Gasteiger partial charge in [-0.15, -0.1) is 0 Å². The first-order valence-corrected chi connectivity index (χ1v) is 8.54. The van der Waals surface area contributed by atoms with Crippen LogP contribution in [0.4, 0.5) is 5.69 Å². The van der Waals surface area contributed by atoms with Crippen molar-refractivity contribution in [1.29, 1.82) is 0 Å². The predicted molar refractivity (Wildman–Crippen MR) is 99.5 cm³/mol. The molecule has 0 aromatic heterocycles. The lowest BCUT2D eigenvalue weighted by molar-refractivity contribution is 0.857. The highest BCUT2D eigenvalue weighted by Crippen LogP contribution is 2.44. The highest BCUT2D eigenvalue weighted by atomic mass is 15.2. The Morgan fingerprint density at radius 2 is 1.61 bits per heavy atom. The zero-order chi connectivity index (χ0) is 15.0. The van der Waals surface area contributed by atoms with Gasteiger partial charge in [-0.25, -0.2) is 0 Å². The van der Waals surface area contributed by atoms with E-state index in [0.717, 1.165) is 12.6 Å². The zero-order valence-corrected chi connectivity index (χ0v) is 12.9. The summed E-state index contributed by atoms with van der Waals surface area (Å²) >= 11 is 0. The maximum absolute atomic E-state index is 2.60. The number of rotatable bonds is 1. The molecule has 1 heterocycles. The van der Waals surface area contributed by atoms with Crippen molar-refractivity contribution < 1.29 is 0 Å². The van der Waals surface area contributed by atoms with E-state index in [-0.39, 0.29) is 0 Å². The summed E-state index contributed by atoms with van der Waals surface area (Å²) in [5, 5.41) is 8.33. The van der Waals surface area contributed by atoms with Crippen molar-refractivity contribution in [3.8, 4) is 0 Å². The first-order valence-electron chi connectivity index (χ1n) is 8.54. The summed E-state index contributed by atoms with van der Waals surface area (Å²) in [6, 6.07) is 19.0. The Kier molecular flexibility index (Phi) is 2.11. The number of hydrogen-bond donors (Lipinski definition) is 0. The molecule has 0 spiro atoms. The molecule has 0 radical (unpaired) electrons. The standard InChI is InChI=1S/C22H17N/c1-3-14-6-7-16-13-20-18(5-2-12-23(20)17-9-10-17)19-11-8-15(4-1)21(14)22(16)19/h1-8,11,13,17H,9-10,12H2. The van der Waals surface area contributed by atoms with Crippen LogP contribution in [0, 0.1) is 0 Å². The van der Waals surface area contributed by atoms with Crippen LogP contribution in [0.15, 0.2) is 54.6 Å². The van der Waals surface area contributed by atoms with Gasteiger partial charge in [-0.3, -0.25) is 0 Å². The third kappa shape index (κ3) is 1.52. The molecule has 0 N–H and O–H groups in total. The van der Waals surface area contributed by atoms with Crippen LogP contribution in [0.2, 0.25) is 0 Å². The number of nitrogens with zero attached hydrogens (tertiary/aromatic N) is 1. The highest BCUT2D eigenvalue weighted by Gasteiger charge is 2.31. The molecule has 1 fully saturated rings. The lowest BCUT2D eigenvalue weighted by Crippen LogP contribution is -2.28. The Hall–Kier alpha value is -2.54. The van der Waals surface area contributed by atoms with Gasteiger partial charge in [-0.05, 0) is 51.2 Å². The maximum atomic E-state index is 2.60. The molecule has 0 amide bonds. The molecule has 1 heteroatoms.